The van der Waals surface area contributed by atoms with Crippen molar-refractivity contribution in [2.75, 3.05) is 26.2 Å². The van der Waals surface area contributed by atoms with Crippen LogP contribution in [0.4, 0.5) is 0 Å². The van der Waals surface area contributed by atoms with Gasteiger partial charge >= 0.3 is 0 Å². The van der Waals surface area contributed by atoms with Gasteiger partial charge in [0.2, 0.25) is 0 Å². The third kappa shape index (κ3) is 4.73. The third-order valence-electron chi connectivity index (χ3n) is 9.07. The fourth-order valence-corrected chi connectivity index (χ4v) is 6.39. The van der Waals surface area contributed by atoms with E-state index in [-0.39, 0.29) is 0 Å². The van der Waals surface area contributed by atoms with Gasteiger partial charge in [0.05, 0.1) is 0 Å². The van der Waals surface area contributed by atoms with Crippen molar-refractivity contribution in [3.63, 3.8) is 0 Å². The predicted octanol–water partition coefficient (Wildman–Crippen LogP) is 4.43. The maximum absolute atomic E-state index is 4.04. The molecule has 3 rings (SSSR count). The quantitative estimate of drug-likeness (QED) is 0.663. The lowest BCUT2D eigenvalue weighted by molar-refractivity contribution is 0.0256. The van der Waals surface area contributed by atoms with E-state index in [1.807, 2.05) is 0 Å². The van der Waals surface area contributed by atoms with Crippen LogP contribution in [0.15, 0.2) is 0 Å². The molecule has 0 saturated carbocycles. The summed E-state index contributed by atoms with van der Waals surface area (Å²) in [4.78, 5) is 0. The molecular formula is C24H47N3. The Bertz CT molecular complexity index is 448. The van der Waals surface area contributed by atoms with Gasteiger partial charge in [-0.25, -0.2) is 0 Å². The molecule has 4 atom stereocenters. The second kappa shape index (κ2) is 8.71. The summed E-state index contributed by atoms with van der Waals surface area (Å²) >= 11 is 0. The Morgan fingerprint density at radius 2 is 1.26 bits per heavy atom. The van der Waals surface area contributed by atoms with Gasteiger partial charge in [0.1, 0.15) is 0 Å². The molecule has 0 bridgehead atoms. The Kier molecular flexibility index (Phi) is 6.97. The molecule has 4 unspecified atom stereocenters. The normalized spacial score (nSPS) is 34.8. The van der Waals surface area contributed by atoms with Crippen molar-refractivity contribution in [2.24, 2.45) is 34.5 Å². The SMILES string of the molecule is CC(C)C1CCC(C(C)(C)C2CCC(C(C)(C)C3CCNCC3)NC2)CN1. The molecule has 3 saturated heterocycles. The van der Waals surface area contributed by atoms with Crippen molar-refractivity contribution in [2.45, 2.75) is 92.2 Å². The highest BCUT2D eigenvalue weighted by atomic mass is 15.0. The highest BCUT2D eigenvalue weighted by molar-refractivity contribution is 4.98. The molecule has 27 heavy (non-hydrogen) atoms. The Morgan fingerprint density at radius 1 is 0.667 bits per heavy atom. The van der Waals surface area contributed by atoms with Gasteiger partial charge in [-0.05, 0) is 99.2 Å². The van der Waals surface area contributed by atoms with Gasteiger partial charge in [-0.2, -0.15) is 0 Å². The lowest BCUT2D eigenvalue weighted by Crippen LogP contribution is -2.55. The summed E-state index contributed by atoms with van der Waals surface area (Å²) in [6.07, 6.45) is 8.24. The first-order valence-electron chi connectivity index (χ1n) is 11.9. The van der Waals surface area contributed by atoms with Gasteiger partial charge in [0.25, 0.3) is 0 Å². The van der Waals surface area contributed by atoms with Crippen LogP contribution >= 0.6 is 0 Å². The minimum Gasteiger partial charge on any atom is -0.317 e. The molecular weight excluding hydrogens is 330 g/mol. The lowest BCUT2D eigenvalue weighted by Gasteiger charge is -2.51. The van der Waals surface area contributed by atoms with Crippen molar-refractivity contribution in [1.82, 2.24) is 16.0 Å². The molecule has 3 nitrogen and oxygen atoms in total. The number of hydrogen-bond donors (Lipinski definition) is 3. The summed E-state index contributed by atoms with van der Waals surface area (Å²) in [5.74, 6) is 3.29. The lowest BCUT2D eigenvalue weighted by atomic mass is 9.61. The van der Waals surface area contributed by atoms with Crippen LogP contribution < -0.4 is 16.0 Å². The second-order valence-corrected chi connectivity index (χ2v) is 11.4. The Labute approximate surface area is 169 Å². The van der Waals surface area contributed by atoms with Gasteiger partial charge < -0.3 is 16.0 Å². The topological polar surface area (TPSA) is 36.1 Å². The third-order valence-corrected chi connectivity index (χ3v) is 9.07. The maximum atomic E-state index is 4.04. The number of hydrogen-bond acceptors (Lipinski definition) is 3. The molecule has 0 aromatic rings. The van der Waals surface area contributed by atoms with Gasteiger partial charge in [-0.3, -0.25) is 0 Å². The minimum atomic E-state index is 0.425. The van der Waals surface area contributed by atoms with E-state index in [1.54, 1.807) is 0 Å². The predicted molar refractivity (Wildman–Crippen MR) is 117 cm³/mol. The average Bonchev–Trinajstić information content (AvgIpc) is 2.69. The molecule has 3 aliphatic rings. The number of piperidine rings is 3. The largest absolute Gasteiger partial charge is 0.317 e. The summed E-state index contributed by atoms with van der Waals surface area (Å²) in [6.45, 7) is 19.8. The molecule has 3 N–H and O–H groups in total. The van der Waals surface area contributed by atoms with E-state index in [2.05, 4.69) is 57.5 Å². The first-order valence-corrected chi connectivity index (χ1v) is 11.9. The molecule has 0 aliphatic carbocycles. The van der Waals surface area contributed by atoms with E-state index < -0.39 is 0 Å². The first kappa shape index (κ1) is 21.6. The summed E-state index contributed by atoms with van der Waals surface area (Å²) in [5, 5.41) is 11.4. The van der Waals surface area contributed by atoms with Crippen LogP contribution in [-0.4, -0.2) is 38.3 Å². The summed E-state index contributed by atoms with van der Waals surface area (Å²) in [7, 11) is 0. The molecule has 0 amide bonds. The van der Waals surface area contributed by atoms with Crippen molar-refractivity contribution >= 4 is 0 Å². The summed E-state index contributed by atoms with van der Waals surface area (Å²) in [6, 6.07) is 1.43. The Morgan fingerprint density at radius 3 is 1.74 bits per heavy atom. The molecule has 0 spiro atoms. The zero-order chi connectivity index (χ0) is 19.7. The molecule has 0 radical (unpaired) electrons. The van der Waals surface area contributed by atoms with E-state index in [0.29, 0.717) is 16.9 Å². The van der Waals surface area contributed by atoms with Gasteiger partial charge in [-0.1, -0.05) is 41.5 Å². The number of rotatable bonds is 5. The van der Waals surface area contributed by atoms with Crippen LogP contribution in [0.5, 0.6) is 0 Å². The van der Waals surface area contributed by atoms with Gasteiger partial charge in [0.15, 0.2) is 0 Å². The van der Waals surface area contributed by atoms with E-state index in [0.717, 1.165) is 29.7 Å². The average molecular weight is 378 g/mol. The smallest absolute Gasteiger partial charge is 0.0121 e. The summed E-state index contributed by atoms with van der Waals surface area (Å²) < 4.78 is 0. The van der Waals surface area contributed by atoms with Crippen molar-refractivity contribution in [3.05, 3.63) is 0 Å². The fourth-order valence-electron chi connectivity index (χ4n) is 6.39. The van der Waals surface area contributed by atoms with Crippen molar-refractivity contribution in [1.29, 1.82) is 0 Å². The molecule has 0 aromatic heterocycles. The van der Waals surface area contributed by atoms with E-state index in [4.69, 9.17) is 0 Å². The van der Waals surface area contributed by atoms with Crippen LogP contribution in [0.2, 0.25) is 0 Å². The molecule has 0 aromatic carbocycles. The molecule has 3 fully saturated rings. The van der Waals surface area contributed by atoms with Crippen LogP contribution in [-0.2, 0) is 0 Å². The monoisotopic (exact) mass is 377 g/mol. The Hall–Kier alpha value is -0.120. The molecule has 3 heterocycles. The Balaban J connectivity index is 1.53. The van der Waals surface area contributed by atoms with E-state index >= 15 is 0 Å². The summed E-state index contributed by atoms with van der Waals surface area (Å²) in [5.41, 5.74) is 0.861. The fraction of sp³-hybridized carbons (Fsp3) is 1.00. The zero-order valence-corrected chi connectivity index (χ0v) is 19.0. The minimum absolute atomic E-state index is 0.425. The molecule has 3 heteroatoms. The zero-order valence-electron chi connectivity index (χ0n) is 19.0. The number of nitrogens with one attached hydrogen (secondary N) is 3. The van der Waals surface area contributed by atoms with Crippen LogP contribution in [0.1, 0.15) is 80.1 Å². The van der Waals surface area contributed by atoms with Crippen molar-refractivity contribution in [3.8, 4) is 0 Å². The second-order valence-electron chi connectivity index (χ2n) is 11.4. The molecule has 158 valence electrons. The van der Waals surface area contributed by atoms with Crippen LogP contribution in [0, 0.1) is 34.5 Å². The molecule has 3 aliphatic heterocycles. The highest BCUT2D eigenvalue weighted by Crippen LogP contribution is 2.46. The standard InChI is InChI=1S/C24H47N3/c1-17(2)21-9-7-19(15-26-21)23(3,4)20-8-10-22(27-16-20)24(5,6)18-11-13-25-14-12-18/h17-22,25-27H,7-16H2,1-6H3. The first-order chi connectivity index (χ1) is 12.7. The van der Waals surface area contributed by atoms with Gasteiger partial charge in [0, 0.05) is 12.1 Å². The van der Waals surface area contributed by atoms with Crippen molar-refractivity contribution < 1.29 is 0 Å². The maximum Gasteiger partial charge on any atom is 0.0121 e. The van der Waals surface area contributed by atoms with E-state index in [1.165, 1.54) is 64.7 Å². The van der Waals surface area contributed by atoms with Crippen LogP contribution in [0.25, 0.3) is 0 Å². The van der Waals surface area contributed by atoms with Crippen LogP contribution in [0.3, 0.4) is 0 Å². The van der Waals surface area contributed by atoms with E-state index in [9.17, 15) is 0 Å². The highest BCUT2D eigenvalue weighted by Gasteiger charge is 2.44. The van der Waals surface area contributed by atoms with Gasteiger partial charge in [-0.15, -0.1) is 0 Å².